The molecule has 0 aliphatic rings. The van der Waals surface area contributed by atoms with Gasteiger partial charge >= 0.3 is 0 Å². The minimum atomic E-state index is 0.221. The molecule has 0 aliphatic heterocycles. The van der Waals surface area contributed by atoms with Crippen molar-refractivity contribution in [2.75, 3.05) is 7.11 Å². The molecule has 0 bridgehead atoms. The molecule has 7 nitrogen and oxygen atoms in total. The molecular formula is C21H13N5O2. The summed E-state index contributed by atoms with van der Waals surface area (Å²) in [5.74, 6) is 1.64. The molecule has 0 saturated carbocycles. The van der Waals surface area contributed by atoms with Gasteiger partial charge in [0.15, 0.2) is 5.75 Å². The summed E-state index contributed by atoms with van der Waals surface area (Å²) in [6, 6.07) is 21.7. The molecule has 0 radical (unpaired) electrons. The average molecular weight is 367 g/mol. The van der Waals surface area contributed by atoms with Gasteiger partial charge in [-0.3, -0.25) is 0 Å². The Balaban J connectivity index is 1.88. The zero-order valence-electron chi connectivity index (χ0n) is 14.8. The van der Waals surface area contributed by atoms with E-state index in [-0.39, 0.29) is 11.1 Å². The number of rotatable bonds is 4. The van der Waals surface area contributed by atoms with E-state index < -0.39 is 0 Å². The molecule has 0 spiro atoms. The molecule has 0 N–H and O–H groups in total. The van der Waals surface area contributed by atoms with Gasteiger partial charge in [-0.15, -0.1) is 5.10 Å². The Bertz CT molecular complexity index is 1250. The second-order valence-electron chi connectivity index (χ2n) is 5.86. The van der Waals surface area contributed by atoms with Crippen LogP contribution in [0, 0.1) is 22.7 Å². The molecule has 7 heteroatoms. The number of hydrogen-bond acceptors (Lipinski definition) is 6. The fraction of sp³-hybridized carbons (Fsp3) is 0.0476. The highest BCUT2D eigenvalue weighted by Crippen LogP contribution is 2.33. The summed E-state index contributed by atoms with van der Waals surface area (Å²) in [7, 11) is 1.59. The summed E-state index contributed by atoms with van der Waals surface area (Å²) < 4.78 is 12.8. The number of methoxy groups -OCH3 is 1. The monoisotopic (exact) mass is 367 g/mol. The van der Waals surface area contributed by atoms with E-state index in [2.05, 4.69) is 10.3 Å². The van der Waals surface area contributed by atoms with Crippen LogP contribution in [0.3, 0.4) is 0 Å². The van der Waals surface area contributed by atoms with Crippen molar-refractivity contribution >= 4 is 11.0 Å². The van der Waals surface area contributed by atoms with Crippen LogP contribution in [0.5, 0.6) is 17.2 Å². The number of hydrogen-bond donors (Lipinski definition) is 0. The van der Waals surface area contributed by atoms with Gasteiger partial charge in [-0.1, -0.05) is 17.3 Å². The molecule has 4 aromatic rings. The molecule has 0 atom stereocenters. The van der Waals surface area contributed by atoms with Crippen LogP contribution >= 0.6 is 0 Å². The molecule has 134 valence electrons. The van der Waals surface area contributed by atoms with Crippen molar-refractivity contribution < 1.29 is 9.47 Å². The average Bonchev–Trinajstić information content (AvgIpc) is 3.18. The largest absolute Gasteiger partial charge is 0.497 e. The van der Waals surface area contributed by atoms with Gasteiger partial charge in [0.1, 0.15) is 34.8 Å². The fourth-order valence-corrected chi connectivity index (χ4v) is 2.82. The van der Waals surface area contributed by atoms with E-state index in [1.807, 2.05) is 36.4 Å². The number of benzene rings is 3. The minimum Gasteiger partial charge on any atom is -0.497 e. The van der Waals surface area contributed by atoms with Crippen molar-refractivity contribution in [2.45, 2.75) is 0 Å². The van der Waals surface area contributed by atoms with Crippen LogP contribution in [0.1, 0.15) is 11.1 Å². The number of aromatic nitrogens is 3. The summed E-state index contributed by atoms with van der Waals surface area (Å²) in [5, 5.41) is 27.2. The van der Waals surface area contributed by atoms with Crippen LogP contribution in [0.25, 0.3) is 16.7 Å². The van der Waals surface area contributed by atoms with Gasteiger partial charge in [0.25, 0.3) is 0 Å². The van der Waals surface area contributed by atoms with Crippen LogP contribution in [0.2, 0.25) is 0 Å². The fourth-order valence-electron chi connectivity index (χ4n) is 2.82. The van der Waals surface area contributed by atoms with Crippen LogP contribution in [0.15, 0.2) is 60.7 Å². The number of ether oxygens (including phenoxy) is 2. The summed E-state index contributed by atoms with van der Waals surface area (Å²) in [6.07, 6.45) is 0. The Labute approximate surface area is 160 Å². The Morgan fingerprint density at radius 3 is 2.29 bits per heavy atom. The molecule has 1 heterocycles. The molecule has 0 amide bonds. The molecule has 28 heavy (non-hydrogen) atoms. The van der Waals surface area contributed by atoms with Crippen LogP contribution < -0.4 is 9.47 Å². The Morgan fingerprint density at radius 2 is 1.57 bits per heavy atom. The maximum Gasteiger partial charge on any atom is 0.154 e. The number of nitrogens with zero attached hydrogens (tertiary/aromatic N) is 5. The highest BCUT2D eigenvalue weighted by atomic mass is 16.5. The Hall–Kier alpha value is -4.36. The van der Waals surface area contributed by atoms with Crippen molar-refractivity contribution in [3.63, 3.8) is 0 Å². The number of fused-ring (bicyclic) bond motifs is 1. The molecule has 0 aliphatic carbocycles. The van der Waals surface area contributed by atoms with E-state index in [9.17, 15) is 10.5 Å². The van der Waals surface area contributed by atoms with Gasteiger partial charge in [-0.05, 0) is 42.5 Å². The zero-order chi connectivity index (χ0) is 19.5. The second kappa shape index (κ2) is 7.10. The Kier molecular flexibility index (Phi) is 4.33. The summed E-state index contributed by atoms with van der Waals surface area (Å²) in [5.41, 5.74) is 2.44. The third-order valence-electron chi connectivity index (χ3n) is 4.21. The maximum atomic E-state index is 9.42. The van der Waals surface area contributed by atoms with Crippen LogP contribution in [-0.4, -0.2) is 22.1 Å². The summed E-state index contributed by atoms with van der Waals surface area (Å²) in [6.45, 7) is 0. The molecule has 1 aromatic heterocycles. The van der Waals surface area contributed by atoms with E-state index in [4.69, 9.17) is 9.47 Å². The quantitative estimate of drug-likeness (QED) is 0.541. The smallest absolute Gasteiger partial charge is 0.154 e. The molecule has 4 rings (SSSR count). The Morgan fingerprint density at radius 1 is 0.893 bits per heavy atom. The van der Waals surface area contributed by atoms with Crippen molar-refractivity contribution in [2.24, 2.45) is 0 Å². The van der Waals surface area contributed by atoms with E-state index >= 15 is 0 Å². The maximum absolute atomic E-state index is 9.42. The van der Waals surface area contributed by atoms with E-state index in [0.717, 1.165) is 5.52 Å². The first-order valence-corrected chi connectivity index (χ1v) is 8.34. The SMILES string of the molecule is COc1ccc(Oc2cc(C#N)c(C#N)cc2-n2nnc3ccccc32)cc1. The van der Waals surface area contributed by atoms with Gasteiger partial charge in [-0.2, -0.15) is 10.5 Å². The topological polar surface area (TPSA) is 96.8 Å². The zero-order valence-corrected chi connectivity index (χ0v) is 14.8. The number of nitriles is 2. The molecular weight excluding hydrogens is 354 g/mol. The summed E-state index contributed by atoms with van der Waals surface area (Å²) in [4.78, 5) is 0. The normalized spacial score (nSPS) is 10.2. The van der Waals surface area contributed by atoms with Crippen molar-refractivity contribution in [3.8, 4) is 35.1 Å². The van der Waals surface area contributed by atoms with Gasteiger partial charge in [0.05, 0.1) is 23.8 Å². The van der Waals surface area contributed by atoms with Gasteiger partial charge in [0, 0.05) is 6.07 Å². The van der Waals surface area contributed by atoms with Crippen LogP contribution in [0.4, 0.5) is 0 Å². The summed E-state index contributed by atoms with van der Waals surface area (Å²) >= 11 is 0. The van der Waals surface area contributed by atoms with Crippen molar-refractivity contribution in [1.29, 1.82) is 10.5 Å². The molecule has 0 unspecified atom stereocenters. The minimum absolute atomic E-state index is 0.221. The highest BCUT2D eigenvalue weighted by Gasteiger charge is 2.16. The van der Waals surface area contributed by atoms with E-state index in [1.54, 1.807) is 42.1 Å². The predicted octanol–water partition coefficient (Wildman–Crippen LogP) is 3.96. The molecule has 3 aromatic carbocycles. The second-order valence-corrected chi connectivity index (χ2v) is 5.86. The first kappa shape index (κ1) is 17.1. The third kappa shape index (κ3) is 2.98. The first-order valence-electron chi connectivity index (χ1n) is 8.34. The lowest BCUT2D eigenvalue weighted by molar-refractivity contribution is 0.412. The van der Waals surface area contributed by atoms with Gasteiger partial charge < -0.3 is 9.47 Å². The first-order chi connectivity index (χ1) is 13.7. The van der Waals surface area contributed by atoms with E-state index in [0.29, 0.717) is 28.5 Å². The van der Waals surface area contributed by atoms with E-state index in [1.165, 1.54) is 6.07 Å². The molecule has 0 fully saturated rings. The van der Waals surface area contributed by atoms with Crippen molar-refractivity contribution in [3.05, 3.63) is 71.8 Å². The van der Waals surface area contributed by atoms with Gasteiger partial charge in [0.2, 0.25) is 0 Å². The lowest BCUT2D eigenvalue weighted by Crippen LogP contribution is -2.02. The lowest BCUT2D eigenvalue weighted by atomic mass is 10.1. The lowest BCUT2D eigenvalue weighted by Gasteiger charge is -2.13. The van der Waals surface area contributed by atoms with Gasteiger partial charge in [-0.25, -0.2) is 4.68 Å². The highest BCUT2D eigenvalue weighted by molar-refractivity contribution is 5.77. The molecule has 0 saturated heterocycles. The van der Waals surface area contributed by atoms with Crippen molar-refractivity contribution in [1.82, 2.24) is 15.0 Å². The van der Waals surface area contributed by atoms with Crippen LogP contribution in [-0.2, 0) is 0 Å². The predicted molar refractivity (Wildman–Crippen MR) is 101 cm³/mol. The third-order valence-corrected chi connectivity index (χ3v) is 4.21. The standard InChI is InChI=1S/C21H13N5O2/c1-27-16-6-8-17(9-7-16)28-21-11-15(13-23)14(12-22)10-20(21)26-19-5-3-2-4-18(19)24-25-26/h2-11H,1H3. The number of para-hydroxylation sites is 1.